The number of Topliss-reactive ketones (excluding diaryl/α,β-unsaturated/α-hetero) is 4. The highest BCUT2D eigenvalue weighted by atomic mass is 32.2. The lowest BCUT2D eigenvalue weighted by Gasteiger charge is -1.94. The van der Waals surface area contributed by atoms with E-state index in [1.165, 1.54) is 102 Å². The number of aliphatic hydroxyl groups is 1. The van der Waals surface area contributed by atoms with Gasteiger partial charge >= 0.3 is 0 Å². The van der Waals surface area contributed by atoms with Crippen molar-refractivity contribution >= 4 is 51.6 Å². The predicted molar refractivity (Wildman–Crippen MR) is 474 cm³/mol. The highest BCUT2D eigenvalue weighted by molar-refractivity contribution is 7.98. The second-order valence-corrected chi connectivity index (χ2v) is 26.0. The number of benzene rings is 3. The molecule has 2 heterocycles. The summed E-state index contributed by atoms with van der Waals surface area (Å²) in [5.74, 6) is 5.69. The minimum absolute atomic E-state index is 0. The van der Waals surface area contributed by atoms with Crippen molar-refractivity contribution < 1.29 is 24.3 Å². The maximum Gasteiger partial charge on any atom is 0.129 e. The predicted octanol–water partition coefficient (Wildman–Crippen LogP) is 29.0. The standard InChI is InChI=1S/C10H11N.C9H12.C8H10.C6H14N2.C6H14.C5H8N2.2C5H10O.2C5H12.2C4H8O.C4H10S.C4H10.C3H8O.C3H8.2C2H6.CH4/c1-2-8-7-11-10-6-4-3-5-9(8)10;1-3-9-6-4-8(2)5-7-9;1-2-8-6-4-3-5-7-8;1-3-4-5-8-6(2)7;1-3-5-6-4-2;1-2-5-3-6-4-7-5;2*1-3-4-5(2)6;2*1-4-5(2)3;2*1-3-4(2)5;1-3-4-5-2;1-4(2)3;1-3(2)4;1-3-2;2*1-2;/h3-7,11H,2H2,1H3;4-7H,3H2,1-2H3;3-7H,2H2,1H3;3-5H2,1-2H3,(H2,7,8);3-6H2,1-2H3;3-4H,2H2,1H3,(H,6,7);2*3-4H2,1-2H3;2*5H,4H2,1-3H3;2*3H2,1-2H3;3-4H2,1-2H3;4H,1-3H3;3-4H,1-2H3;3H2,1-2H3;2*1-2H3;1H4. The zero-order chi connectivity index (χ0) is 81.6. The van der Waals surface area contributed by atoms with Crippen molar-refractivity contribution in [1.29, 1.82) is 0 Å². The van der Waals surface area contributed by atoms with Crippen LogP contribution in [0.25, 0.3) is 10.9 Å². The normalized spacial score (nSPS) is 8.89. The van der Waals surface area contributed by atoms with Gasteiger partial charge in [-0.15, -0.1) is 0 Å². The van der Waals surface area contributed by atoms with E-state index in [1.54, 1.807) is 47.9 Å². The maximum absolute atomic E-state index is 10.0. The summed E-state index contributed by atoms with van der Waals surface area (Å²) in [4.78, 5) is 53.8. The number of nitrogens with one attached hydrogen (secondary N) is 2. The van der Waals surface area contributed by atoms with E-state index < -0.39 is 0 Å². The van der Waals surface area contributed by atoms with Crippen LogP contribution in [0.3, 0.4) is 0 Å². The molecule has 0 amide bonds. The van der Waals surface area contributed by atoms with Crippen molar-refractivity contribution in [3.8, 4) is 0 Å². The van der Waals surface area contributed by atoms with Crippen LogP contribution in [0, 0.1) is 24.7 Å². The number of unbranched alkanes of at least 4 members (excludes halogenated alkanes) is 4. The fourth-order valence-electron chi connectivity index (χ4n) is 5.26. The Labute approximate surface area is 644 Å². The number of amidine groups is 1. The smallest absolute Gasteiger partial charge is 0.129 e. The van der Waals surface area contributed by atoms with Crippen LogP contribution in [0.4, 0.5) is 0 Å². The molecule has 0 aliphatic heterocycles. The van der Waals surface area contributed by atoms with Crippen LogP contribution in [-0.4, -0.2) is 73.7 Å². The highest BCUT2D eigenvalue weighted by Crippen LogP contribution is 2.17. The number of aromatic nitrogens is 3. The van der Waals surface area contributed by atoms with Gasteiger partial charge in [0.1, 0.15) is 23.1 Å². The Hall–Kier alpha value is -5.13. The van der Waals surface area contributed by atoms with E-state index in [2.05, 4.69) is 244 Å². The number of aliphatic imine (C=N–C) groups is 1. The molecule has 606 valence electrons. The number of para-hydroxylation sites is 1. The lowest BCUT2D eigenvalue weighted by molar-refractivity contribution is -0.117. The topological polar surface area (TPSA) is 171 Å². The number of H-pyrrole nitrogens is 2. The molecule has 0 aliphatic rings. The van der Waals surface area contributed by atoms with Gasteiger partial charge in [0.25, 0.3) is 0 Å². The van der Waals surface area contributed by atoms with Gasteiger partial charge in [-0.25, -0.2) is 4.98 Å². The molecule has 0 saturated heterocycles. The Morgan fingerprint density at radius 3 is 1.08 bits per heavy atom. The fourth-order valence-corrected chi connectivity index (χ4v) is 5.67. The number of aliphatic hydroxyl groups excluding tert-OH is 1. The monoisotopic (exact) mass is 1460 g/mol. The van der Waals surface area contributed by atoms with E-state index in [1.807, 2.05) is 86.3 Å². The Morgan fingerprint density at radius 1 is 0.510 bits per heavy atom. The number of carbonyl (C=O) groups excluding carboxylic acids is 4. The molecule has 0 bridgehead atoms. The van der Waals surface area contributed by atoms with Gasteiger partial charge in [0, 0.05) is 67.3 Å². The summed E-state index contributed by atoms with van der Waals surface area (Å²) in [7, 11) is 0. The number of imidazole rings is 1. The molecule has 0 spiro atoms. The van der Waals surface area contributed by atoms with Crippen LogP contribution in [0.15, 0.2) is 103 Å². The largest absolute Gasteiger partial charge is 0.394 e. The number of nitrogens with zero attached hydrogens (tertiary/aromatic N) is 2. The second-order valence-electron chi connectivity index (χ2n) is 25.1. The summed E-state index contributed by atoms with van der Waals surface area (Å²) < 4.78 is 0. The van der Waals surface area contributed by atoms with Crippen LogP contribution in [0.5, 0.6) is 0 Å². The molecule has 0 fully saturated rings. The summed E-state index contributed by atoms with van der Waals surface area (Å²) in [5, 5.41) is 9.41. The number of rotatable bonds is 20. The number of thioether (sulfide) groups is 1. The first-order valence-electron chi connectivity index (χ1n) is 39.7. The van der Waals surface area contributed by atoms with Gasteiger partial charge in [-0.2, -0.15) is 11.8 Å². The molecule has 0 unspecified atom stereocenters. The first-order valence-corrected chi connectivity index (χ1v) is 41.1. The molecule has 0 aliphatic carbocycles. The molecule has 0 saturated carbocycles. The van der Waals surface area contributed by atoms with E-state index in [0.29, 0.717) is 18.7 Å². The molecule has 0 atom stereocenters. The third-order valence-corrected chi connectivity index (χ3v) is 12.7. The number of fused-ring (bicyclic) bond motifs is 1. The average Bonchev–Trinajstić information content (AvgIpc) is 1.70. The number of nitrogens with two attached hydrogens (primary N) is 1. The molecule has 5 N–H and O–H groups in total. The molecule has 5 rings (SSSR count). The van der Waals surface area contributed by atoms with Crippen molar-refractivity contribution in [2.75, 3.05) is 18.6 Å². The molecule has 10 nitrogen and oxygen atoms in total. The van der Waals surface area contributed by atoms with Crippen LogP contribution >= 0.6 is 11.8 Å². The second kappa shape index (κ2) is 117. The van der Waals surface area contributed by atoms with Crippen molar-refractivity contribution in [2.24, 2.45) is 28.5 Å². The Kier molecular flexibility index (Phi) is 149. The molecule has 2 aromatic heterocycles. The molecular formula is C91H181N5O5S. The van der Waals surface area contributed by atoms with E-state index in [0.717, 1.165) is 82.1 Å². The van der Waals surface area contributed by atoms with Gasteiger partial charge in [-0.1, -0.05) is 324 Å². The third kappa shape index (κ3) is 162. The maximum atomic E-state index is 10.0. The van der Waals surface area contributed by atoms with Crippen molar-refractivity contribution in [2.45, 2.75) is 384 Å². The van der Waals surface area contributed by atoms with Crippen molar-refractivity contribution in [3.63, 3.8) is 0 Å². The van der Waals surface area contributed by atoms with Crippen LogP contribution in [0.2, 0.25) is 0 Å². The summed E-state index contributed by atoms with van der Waals surface area (Å²) in [6.45, 7) is 71.8. The van der Waals surface area contributed by atoms with Gasteiger partial charge in [0.05, 0.1) is 12.2 Å². The van der Waals surface area contributed by atoms with Gasteiger partial charge in [0.2, 0.25) is 0 Å². The lowest BCUT2D eigenvalue weighted by Crippen LogP contribution is -2.05. The summed E-state index contributed by atoms with van der Waals surface area (Å²) in [6.07, 6.45) is 29.8. The van der Waals surface area contributed by atoms with E-state index in [4.69, 9.17) is 10.8 Å². The van der Waals surface area contributed by atoms with Gasteiger partial charge in [-0.3, -0.25) is 4.99 Å². The molecule has 5 aromatic rings. The highest BCUT2D eigenvalue weighted by Gasteiger charge is 1.98. The number of hydrogen-bond acceptors (Lipinski definition) is 8. The first kappa shape index (κ1) is 130. The Balaban J connectivity index is -0.0000000679. The number of carbonyl (C=O) groups is 4. The van der Waals surface area contributed by atoms with Crippen molar-refractivity contribution in [3.05, 3.63) is 126 Å². The molecule has 3 aromatic carbocycles. The minimum atomic E-state index is -0.167. The van der Waals surface area contributed by atoms with Gasteiger partial charge in [0.15, 0.2) is 0 Å². The van der Waals surface area contributed by atoms with Crippen LogP contribution < -0.4 is 5.73 Å². The Bertz CT molecular complexity index is 2190. The zero-order valence-electron chi connectivity index (χ0n) is 74.1. The zero-order valence-corrected chi connectivity index (χ0v) is 74.9. The Morgan fingerprint density at radius 2 is 0.863 bits per heavy atom. The SMILES string of the molecule is C.CC.CC.CC(C)C.CC(C)O.CCC.CCC(C)=O.CCC(C)=O.CCC(C)C.CCC(C)C.CCCC(C)=O.CCCC(C)=O.CCCCCC.CCCCN=C(C)N.CCCSC.CCc1c[nH]c2ccccc12.CCc1ccc(C)cc1.CCc1ccccc1.CCc1cnc[nH]1. The van der Waals surface area contributed by atoms with Crippen LogP contribution in [-0.2, 0) is 44.9 Å². The van der Waals surface area contributed by atoms with Crippen molar-refractivity contribution in [1.82, 2.24) is 15.0 Å². The first-order chi connectivity index (χ1) is 47.7. The van der Waals surface area contributed by atoms with E-state index >= 15 is 0 Å². The molecule has 11 heteroatoms. The fraction of sp³-hybridized carbons (Fsp3) is 0.692. The number of aryl methyl sites for hydroxylation is 5. The quantitative estimate of drug-likeness (QED) is 0.0339. The molecule has 0 radical (unpaired) electrons. The molecule has 102 heavy (non-hydrogen) atoms. The van der Waals surface area contributed by atoms with Gasteiger partial charge < -0.3 is 40.0 Å². The number of hydrogen-bond donors (Lipinski definition) is 4. The van der Waals surface area contributed by atoms with E-state index in [9.17, 15) is 19.2 Å². The minimum Gasteiger partial charge on any atom is -0.394 e. The molecular weight excluding hydrogens is 1280 g/mol. The van der Waals surface area contributed by atoms with E-state index in [-0.39, 0.29) is 36.7 Å². The third-order valence-electron chi connectivity index (χ3n) is 11.8. The lowest BCUT2D eigenvalue weighted by atomic mass is 10.1. The summed E-state index contributed by atoms with van der Waals surface area (Å²) in [5.41, 5.74) is 13.3. The van der Waals surface area contributed by atoms with Gasteiger partial charge in [-0.05, 0) is 159 Å². The average molecular weight is 1460 g/mol. The number of aromatic amines is 2. The summed E-state index contributed by atoms with van der Waals surface area (Å²) >= 11 is 1.90. The number of ketones is 4. The van der Waals surface area contributed by atoms with Crippen LogP contribution in [0.1, 0.15) is 374 Å². The summed E-state index contributed by atoms with van der Waals surface area (Å²) in [6, 6.07) is 27.5.